The molecular formula is C25H30N2O2. The summed E-state index contributed by atoms with van der Waals surface area (Å²) >= 11 is 0. The molecular weight excluding hydrogens is 360 g/mol. The molecule has 2 aliphatic rings. The van der Waals surface area contributed by atoms with Gasteiger partial charge in [0.15, 0.2) is 0 Å². The highest BCUT2D eigenvalue weighted by atomic mass is 16.2. The van der Waals surface area contributed by atoms with Crippen LogP contribution >= 0.6 is 0 Å². The standard InChI is InChI=1S/C25H30N2O2/c1-17-9-8-14-22(18(17)2)26-24(28)23-20-12-6-7-13-21(20)25(29)27(23)16-15-19-10-4-3-5-11-19/h3-7,10-13,17-18,22-23H,8-9,14-16H2,1-2H3,(H,26,28). The Morgan fingerprint density at radius 1 is 1.03 bits per heavy atom. The third-order valence-electron chi connectivity index (χ3n) is 6.83. The number of rotatable bonds is 5. The third-order valence-corrected chi connectivity index (χ3v) is 6.83. The molecule has 152 valence electrons. The Balaban J connectivity index is 1.55. The van der Waals surface area contributed by atoms with Crippen LogP contribution in [-0.2, 0) is 11.2 Å². The van der Waals surface area contributed by atoms with E-state index in [1.54, 1.807) is 4.90 Å². The molecule has 1 aliphatic carbocycles. The van der Waals surface area contributed by atoms with Crippen molar-refractivity contribution in [3.05, 3.63) is 71.3 Å². The first-order valence-electron chi connectivity index (χ1n) is 10.8. The topological polar surface area (TPSA) is 49.4 Å². The summed E-state index contributed by atoms with van der Waals surface area (Å²) in [7, 11) is 0. The SMILES string of the molecule is CC1CCCC(NC(=O)C2c3ccccc3C(=O)N2CCc2ccccc2)C1C. The van der Waals surface area contributed by atoms with Crippen LogP contribution in [0.3, 0.4) is 0 Å². The quantitative estimate of drug-likeness (QED) is 0.824. The Kier molecular flexibility index (Phi) is 5.70. The molecule has 0 aromatic heterocycles. The van der Waals surface area contributed by atoms with E-state index in [2.05, 4.69) is 31.3 Å². The second kappa shape index (κ2) is 8.40. The van der Waals surface area contributed by atoms with Gasteiger partial charge >= 0.3 is 0 Å². The van der Waals surface area contributed by atoms with Crippen LogP contribution in [0.4, 0.5) is 0 Å². The largest absolute Gasteiger partial charge is 0.351 e. The van der Waals surface area contributed by atoms with Crippen molar-refractivity contribution < 1.29 is 9.59 Å². The number of hydrogen-bond donors (Lipinski definition) is 1. The van der Waals surface area contributed by atoms with Crippen molar-refractivity contribution in [2.45, 2.75) is 51.6 Å². The minimum atomic E-state index is -0.535. The summed E-state index contributed by atoms with van der Waals surface area (Å²) in [5.74, 6) is 0.989. The predicted octanol–water partition coefficient (Wildman–Crippen LogP) is 4.37. The lowest BCUT2D eigenvalue weighted by Crippen LogP contribution is -2.48. The lowest BCUT2D eigenvalue weighted by atomic mass is 9.78. The Morgan fingerprint density at radius 3 is 2.55 bits per heavy atom. The third kappa shape index (κ3) is 3.93. The van der Waals surface area contributed by atoms with Gasteiger partial charge in [-0.15, -0.1) is 0 Å². The van der Waals surface area contributed by atoms with Crippen LogP contribution in [0.5, 0.6) is 0 Å². The molecule has 0 saturated heterocycles. The summed E-state index contributed by atoms with van der Waals surface area (Å²) in [6.07, 6.45) is 4.13. The molecule has 2 amide bonds. The second-order valence-electron chi connectivity index (χ2n) is 8.61. The summed E-state index contributed by atoms with van der Waals surface area (Å²) < 4.78 is 0. The highest BCUT2D eigenvalue weighted by Gasteiger charge is 2.41. The minimum absolute atomic E-state index is 0.0395. The molecule has 1 aliphatic heterocycles. The fraction of sp³-hybridized carbons (Fsp3) is 0.440. The van der Waals surface area contributed by atoms with Crippen molar-refractivity contribution in [1.82, 2.24) is 10.2 Å². The summed E-state index contributed by atoms with van der Waals surface area (Å²) in [6.45, 7) is 5.03. The number of fused-ring (bicyclic) bond motifs is 1. The van der Waals surface area contributed by atoms with Crippen LogP contribution in [0, 0.1) is 11.8 Å². The zero-order chi connectivity index (χ0) is 20.4. The Morgan fingerprint density at radius 2 is 1.76 bits per heavy atom. The van der Waals surface area contributed by atoms with E-state index in [1.165, 1.54) is 12.0 Å². The lowest BCUT2D eigenvalue weighted by Gasteiger charge is -2.36. The van der Waals surface area contributed by atoms with Crippen molar-refractivity contribution in [2.75, 3.05) is 6.54 Å². The average Bonchev–Trinajstić information content (AvgIpc) is 3.03. The van der Waals surface area contributed by atoms with Crippen molar-refractivity contribution in [1.29, 1.82) is 0 Å². The van der Waals surface area contributed by atoms with Gasteiger partial charge in [0.2, 0.25) is 5.91 Å². The van der Waals surface area contributed by atoms with Gasteiger partial charge < -0.3 is 10.2 Å². The molecule has 29 heavy (non-hydrogen) atoms. The monoisotopic (exact) mass is 390 g/mol. The van der Waals surface area contributed by atoms with Crippen LogP contribution in [-0.4, -0.2) is 29.3 Å². The summed E-state index contributed by atoms with van der Waals surface area (Å²) in [4.78, 5) is 28.2. The van der Waals surface area contributed by atoms with E-state index in [-0.39, 0.29) is 17.9 Å². The van der Waals surface area contributed by atoms with Crippen LogP contribution < -0.4 is 5.32 Å². The molecule has 0 bridgehead atoms. The van der Waals surface area contributed by atoms with Crippen LogP contribution in [0.25, 0.3) is 0 Å². The molecule has 4 atom stereocenters. The smallest absolute Gasteiger partial charge is 0.255 e. The van der Waals surface area contributed by atoms with Crippen molar-refractivity contribution in [3.63, 3.8) is 0 Å². The molecule has 1 N–H and O–H groups in total. The van der Waals surface area contributed by atoms with E-state index in [4.69, 9.17) is 0 Å². The minimum Gasteiger partial charge on any atom is -0.351 e. The maximum Gasteiger partial charge on any atom is 0.255 e. The van der Waals surface area contributed by atoms with E-state index in [0.717, 1.165) is 24.8 Å². The van der Waals surface area contributed by atoms with Crippen molar-refractivity contribution in [3.8, 4) is 0 Å². The van der Waals surface area contributed by atoms with Crippen molar-refractivity contribution in [2.24, 2.45) is 11.8 Å². The first-order chi connectivity index (χ1) is 14.1. The molecule has 0 radical (unpaired) electrons. The highest BCUT2D eigenvalue weighted by Crippen LogP contribution is 2.35. The summed E-state index contributed by atoms with van der Waals surface area (Å²) in [5, 5.41) is 3.30. The fourth-order valence-corrected chi connectivity index (χ4v) is 4.83. The fourth-order valence-electron chi connectivity index (χ4n) is 4.83. The molecule has 4 rings (SSSR count). The lowest BCUT2D eigenvalue weighted by molar-refractivity contribution is -0.127. The maximum atomic E-state index is 13.4. The first kappa shape index (κ1) is 19.7. The molecule has 2 aromatic carbocycles. The summed E-state index contributed by atoms with van der Waals surface area (Å²) in [6, 6.07) is 17.3. The highest BCUT2D eigenvalue weighted by molar-refractivity contribution is 6.04. The van der Waals surface area contributed by atoms with E-state index in [0.29, 0.717) is 23.9 Å². The zero-order valence-corrected chi connectivity index (χ0v) is 17.3. The maximum absolute atomic E-state index is 13.4. The number of carbonyl (C=O) groups excluding carboxylic acids is 2. The van der Waals surface area contributed by atoms with Gasteiger partial charge in [0.25, 0.3) is 5.91 Å². The molecule has 0 spiro atoms. The number of benzene rings is 2. The number of amides is 2. The van der Waals surface area contributed by atoms with Crippen LogP contribution in [0.15, 0.2) is 54.6 Å². The normalized spacial score (nSPS) is 26.3. The number of nitrogens with zero attached hydrogens (tertiary/aromatic N) is 1. The van der Waals surface area contributed by atoms with Crippen LogP contribution in [0.1, 0.15) is 60.6 Å². The average molecular weight is 391 g/mol. The van der Waals surface area contributed by atoms with Gasteiger partial charge in [0.1, 0.15) is 6.04 Å². The van der Waals surface area contributed by atoms with Gasteiger partial charge in [-0.1, -0.05) is 75.2 Å². The second-order valence-corrected chi connectivity index (χ2v) is 8.61. The predicted molar refractivity (Wildman–Crippen MR) is 114 cm³/mol. The molecule has 1 heterocycles. The molecule has 4 unspecified atom stereocenters. The Bertz CT molecular complexity index is 879. The molecule has 2 aromatic rings. The molecule has 1 fully saturated rings. The van der Waals surface area contributed by atoms with Gasteiger partial charge in [-0.2, -0.15) is 0 Å². The van der Waals surface area contributed by atoms with Gasteiger partial charge in [-0.05, 0) is 41.9 Å². The first-order valence-corrected chi connectivity index (χ1v) is 10.8. The van der Waals surface area contributed by atoms with E-state index >= 15 is 0 Å². The van der Waals surface area contributed by atoms with E-state index in [9.17, 15) is 9.59 Å². The zero-order valence-electron chi connectivity index (χ0n) is 17.3. The Labute approximate surface area is 173 Å². The molecule has 4 nitrogen and oxygen atoms in total. The Hall–Kier alpha value is -2.62. The van der Waals surface area contributed by atoms with Crippen molar-refractivity contribution >= 4 is 11.8 Å². The van der Waals surface area contributed by atoms with Gasteiger partial charge in [-0.3, -0.25) is 9.59 Å². The van der Waals surface area contributed by atoms with E-state index in [1.807, 2.05) is 42.5 Å². The summed E-state index contributed by atoms with van der Waals surface area (Å²) in [5.41, 5.74) is 2.66. The molecule has 1 saturated carbocycles. The van der Waals surface area contributed by atoms with E-state index < -0.39 is 6.04 Å². The number of nitrogens with one attached hydrogen (secondary N) is 1. The van der Waals surface area contributed by atoms with Crippen LogP contribution in [0.2, 0.25) is 0 Å². The van der Waals surface area contributed by atoms with Gasteiger partial charge in [0.05, 0.1) is 0 Å². The van der Waals surface area contributed by atoms with Gasteiger partial charge in [0, 0.05) is 18.2 Å². The number of carbonyl (C=O) groups is 2. The number of hydrogen-bond acceptors (Lipinski definition) is 2. The molecule has 4 heteroatoms. The van der Waals surface area contributed by atoms with Gasteiger partial charge in [-0.25, -0.2) is 0 Å².